The van der Waals surface area contributed by atoms with Gasteiger partial charge in [0.15, 0.2) is 0 Å². The van der Waals surface area contributed by atoms with Crippen molar-refractivity contribution in [2.24, 2.45) is 5.92 Å². The molecule has 1 aliphatic carbocycles. The van der Waals surface area contributed by atoms with Gasteiger partial charge >= 0.3 is 0 Å². The Balaban J connectivity index is 2.23. The molecule has 0 bridgehead atoms. The molecule has 0 heterocycles. The molecule has 0 aliphatic heterocycles. The smallest absolute Gasteiger partial charge is 0.220 e. The van der Waals surface area contributed by atoms with Crippen molar-refractivity contribution in [2.75, 3.05) is 6.61 Å². The van der Waals surface area contributed by atoms with Crippen LogP contribution in [0.3, 0.4) is 0 Å². The second kappa shape index (κ2) is 40.0. The zero-order valence-corrected chi connectivity index (χ0v) is 39.2. The van der Waals surface area contributed by atoms with E-state index in [1.54, 1.807) is 6.92 Å². The molecule has 1 fully saturated rings. The third-order valence-corrected chi connectivity index (χ3v) is 13.3. The fourth-order valence-electron chi connectivity index (χ4n) is 9.01. The second-order valence-electron chi connectivity index (χ2n) is 19.0. The minimum Gasteiger partial charge on any atom is -0.390 e. The number of carbonyl (C=O) groups is 1. The molecule has 1 amide bonds. The van der Waals surface area contributed by atoms with E-state index in [4.69, 9.17) is 4.74 Å². The average Bonchev–Trinajstić information content (AvgIpc) is 3.23. The highest BCUT2D eigenvalue weighted by Gasteiger charge is 2.42. The maximum Gasteiger partial charge on any atom is 0.220 e. The first-order chi connectivity index (χ1) is 28.7. The van der Waals surface area contributed by atoms with Gasteiger partial charge in [0, 0.05) is 6.42 Å². The van der Waals surface area contributed by atoms with Crippen molar-refractivity contribution < 1.29 is 35.1 Å². The summed E-state index contributed by atoms with van der Waals surface area (Å²) >= 11 is 0. The summed E-state index contributed by atoms with van der Waals surface area (Å²) in [5, 5.41) is 56.1. The lowest BCUT2D eigenvalue weighted by atomic mass is 9.82. The van der Waals surface area contributed by atoms with Gasteiger partial charge in [-0.2, -0.15) is 0 Å². The number of nitrogens with one attached hydrogen (secondary N) is 1. The Morgan fingerprint density at radius 1 is 0.508 bits per heavy atom. The molecule has 1 rings (SSSR count). The van der Waals surface area contributed by atoms with Gasteiger partial charge in [-0.25, -0.2) is 0 Å². The molecule has 6 N–H and O–H groups in total. The Morgan fingerprint density at radius 3 is 1.22 bits per heavy atom. The van der Waals surface area contributed by atoms with Crippen LogP contribution in [-0.4, -0.2) is 80.7 Å². The lowest BCUT2D eigenvalue weighted by Crippen LogP contribution is -2.56. The van der Waals surface area contributed by atoms with Gasteiger partial charge < -0.3 is 35.6 Å². The maximum atomic E-state index is 13.1. The molecule has 8 nitrogen and oxygen atoms in total. The third kappa shape index (κ3) is 30.8. The normalized spacial score (nSPS) is 21.1. The minimum absolute atomic E-state index is 0.0981. The number of hydrogen-bond donors (Lipinski definition) is 6. The molecule has 8 atom stereocenters. The topological polar surface area (TPSA) is 139 Å². The summed E-state index contributed by atoms with van der Waals surface area (Å²) in [4.78, 5) is 13.1. The molecule has 1 aliphatic rings. The summed E-state index contributed by atoms with van der Waals surface area (Å²) in [7, 11) is 0. The molecular formula is C51H101NO7. The molecule has 0 aromatic rings. The van der Waals surface area contributed by atoms with E-state index in [-0.39, 0.29) is 18.4 Å². The Morgan fingerprint density at radius 2 is 0.847 bits per heavy atom. The highest BCUT2D eigenvalue weighted by molar-refractivity contribution is 5.76. The van der Waals surface area contributed by atoms with Crippen LogP contribution in [0.25, 0.3) is 0 Å². The van der Waals surface area contributed by atoms with E-state index in [0.717, 1.165) is 38.5 Å². The number of aliphatic hydroxyl groups excluding tert-OH is 5. The minimum atomic E-state index is -1.32. The van der Waals surface area contributed by atoms with Gasteiger partial charge in [0.05, 0.1) is 31.0 Å². The zero-order valence-electron chi connectivity index (χ0n) is 39.2. The van der Waals surface area contributed by atoms with Crippen LogP contribution in [0.15, 0.2) is 0 Å². The lowest BCUT2D eigenvalue weighted by molar-refractivity contribution is -0.175. The summed E-state index contributed by atoms with van der Waals surface area (Å²) in [5.74, 6) is -0.446. The Hall–Kier alpha value is -0.770. The SMILES string of the molecule is CCCCCCCCCCCCCCCCCCCCCCCCCC(=O)N[C@@H](CO[C@H]1CC(C)[C@H](O)[C@H](O)C1O)[C@H](O)[C@H](O)CCCCCCCCCCCCCC. The van der Waals surface area contributed by atoms with E-state index in [9.17, 15) is 30.3 Å². The second-order valence-corrected chi connectivity index (χ2v) is 19.0. The van der Waals surface area contributed by atoms with Crippen molar-refractivity contribution in [3.63, 3.8) is 0 Å². The molecule has 0 aromatic heterocycles. The van der Waals surface area contributed by atoms with E-state index in [1.807, 2.05) is 0 Å². The highest BCUT2D eigenvalue weighted by Crippen LogP contribution is 2.28. The maximum absolute atomic E-state index is 13.1. The van der Waals surface area contributed by atoms with E-state index < -0.39 is 42.7 Å². The zero-order chi connectivity index (χ0) is 43.2. The van der Waals surface area contributed by atoms with Crippen LogP contribution in [0.5, 0.6) is 0 Å². The molecule has 1 saturated carbocycles. The molecule has 8 heteroatoms. The predicted octanol–water partition coefficient (Wildman–Crippen LogP) is 12.2. The van der Waals surface area contributed by atoms with Gasteiger partial charge in [0.2, 0.25) is 5.91 Å². The van der Waals surface area contributed by atoms with Crippen molar-refractivity contribution in [1.82, 2.24) is 5.32 Å². The summed E-state index contributed by atoms with van der Waals surface area (Å²) in [6.45, 7) is 6.24. The van der Waals surface area contributed by atoms with Crippen LogP contribution in [0, 0.1) is 5.92 Å². The Kier molecular flexibility index (Phi) is 38.2. The van der Waals surface area contributed by atoms with Gasteiger partial charge in [-0.3, -0.25) is 4.79 Å². The average molecular weight is 840 g/mol. The van der Waals surface area contributed by atoms with Crippen molar-refractivity contribution >= 4 is 5.91 Å². The largest absolute Gasteiger partial charge is 0.390 e. The van der Waals surface area contributed by atoms with E-state index in [1.165, 1.54) is 186 Å². The first-order valence-electron chi connectivity index (χ1n) is 26.0. The van der Waals surface area contributed by atoms with Crippen LogP contribution in [0.4, 0.5) is 0 Å². The predicted molar refractivity (Wildman–Crippen MR) is 248 cm³/mol. The molecular weight excluding hydrogens is 739 g/mol. The highest BCUT2D eigenvalue weighted by atomic mass is 16.5. The molecule has 0 saturated heterocycles. The van der Waals surface area contributed by atoms with Crippen LogP contribution in [0.2, 0.25) is 0 Å². The van der Waals surface area contributed by atoms with Gasteiger partial charge in [-0.05, 0) is 25.2 Å². The fraction of sp³-hybridized carbons (Fsp3) is 0.980. The number of unbranched alkanes of at least 4 members (excludes halogenated alkanes) is 33. The van der Waals surface area contributed by atoms with Gasteiger partial charge in [-0.15, -0.1) is 0 Å². The molecule has 0 aromatic carbocycles. The van der Waals surface area contributed by atoms with Crippen molar-refractivity contribution in [2.45, 2.75) is 307 Å². The molecule has 2 unspecified atom stereocenters. The van der Waals surface area contributed by atoms with Gasteiger partial charge in [0.1, 0.15) is 18.3 Å². The quantitative estimate of drug-likeness (QED) is 0.0336. The van der Waals surface area contributed by atoms with Crippen LogP contribution < -0.4 is 5.32 Å². The first-order valence-corrected chi connectivity index (χ1v) is 26.0. The van der Waals surface area contributed by atoms with E-state index in [2.05, 4.69) is 19.2 Å². The van der Waals surface area contributed by atoms with Gasteiger partial charge in [0.25, 0.3) is 0 Å². The van der Waals surface area contributed by atoms with Crippen molar-refractivity contribution in [3.05, 3.63) is 0 Å². The van der Waals surface area contributed by atoms with E-state index in [0.29, 0.717) is 19.3 Å². The fourth-order valence-corrected chi connectivity index (χ4v) is 9.01. The molecule has 59 heavy (non-hydrogen) atoms. The van der Waals surface area contributed by atoms with Gasteiger partial charge in [-0.1, -0.05) is 239 Å². The van der Waals surface area contributed by atoms with Crippen LogP contribution >= 0.6 is 0 Å². The number of amides is 1. The number of hydrogen-bond acceptors (Lipinski definition) is 7. The summed E-state index contributed by atoms with van der Waals surface area (Å²) in [6.07, 6.45) is 39.7. The Labute approximate surface area is 365 Å². The first kappa shape index (κ1) is 56.2. The molecule has 0 spiro atoms. The van der Waals surface area contributed by atoms with Crippen LogP contribution in [-0.2, 0) is 9.53 Å². The number of carbonyl (C=O) groups excluding carboxylic acids is 1. The van der Waals surface area contributed by atoms with Crippen LogP contribution in [0.1, 0.15) is 265 Å². The van der Waals surface area contributed by atoms with Crippen molar-refractivity contribution in [3.8, 4) is 0 Å². The molecule has 0 radical (unpaired) electrons. The Bertz CT molecular complexity index is 907. The summed E-state index contributed by atoms with van der Waals surface area (Å²) < 4.78 is 5.98. The van der Waals surface area contributed by atoms with E-state index >= 15 is 0 Å². The van der Waals surface area contributed by atoms with Crippen molar-refractivity contribution in [1.29, 1.82) is 0 Å². The summed E-state index contributed by atoms with van der Waals surface area (Å²) in [6, 6.07) is -0.842. The number of rotatable bonds is 43. The number of aliphatic hydroxyl groups is 5. The summed E-state index contributed by atoms with van der Waals surface area (Å²) in [5.41, 5.74) is 0. The lowest BCUT2D eigenvalue weighted by Gasteiger charge is -2.39. The third-order valence-electron chi connectivity index (χ3n) is 13.3. The monoisotopic (exact) mass is 840 g/mol. The molecule has 352 valence electrons. The standard InChI is InChI=1S/C51H101NO7/c1-4-6-8-10-12-14-16-18-19-20-21-22-23-24-25-26-27-28-30-32-34-36-38-40-47(54)52-44(42-59-46-41-43(3)48(55)51(58)50(46)57)49(56)45(53)39-37-35-33-31-29-17-15-13-11-9-7-5-2/h43-46,48-51,53,55-58H,4-42H2,1-3H3,(H,52,54)/t43?,44-,45+,46-,48-,49-,50?,51-/m0/s1. The number of ether oxygens (including phenoxy) is 1.